The van der Waals surface area contributed by atoms with Gasteiger partial charge in [0.2, 0.25) is 0 Å². The lowest BCUT2D eigenvalue weighted by molar-refractivity contribution is 0.200. The van der Waals surface area contributed by atoms with Crippen LogP contribution in [0, 0.1) is 6.92 Å². The van der Waals surface area contributed by atoms with Crippen LogP contribution >= 0.6 is 0 Å². The van der Waals surface area contributed by atoms with E-state index >= 15 is 0 Å². The Bertz CT molecular complexity index is 372. The smallest absolute Gasteiger partial charge is 0.321 e. The minimum atomic E-state index is 0.00491. The third kappa shape index (κ3) is 2.72. The molecule has 1 aromatic rings. The number of hydrogen-bond acceptors (Lipinski definition) is 2. The first-order valence-corrected chi connectivity index (χ1v) is 5.74. The van der Waals surface area contributed by atoms with Gasteiger partial charge in [0.15, 0.2) is 0 Å². The third-order valence-corrected chi connectivity index (χ3v) is 2.79. The molecular formula is C12H17N3O. The molecule has 4 nitrogen and oxygen atoms in total. The number of likely N-dealkylation sites (tertiary alicyclic amines) is 1. The second kappa shape index (κ2) is 4.96. The summed E-state index contributed by atoms with van der Waals surface area (Å²) in [5.41, 5.74) is 1.74. The van der Waals surface area contributed by atoms with Gasteiger partial charge in [-0.25, -0.2) is 4.79 Å². The first-order valence-electron chi connectivity index (χ1n) is 5.74. The van der Waals surface area contributed by atoms with Gasteiger partial charge in [-0.3, -0.25) is 4.98 Å². The van der Waals surface area contributed by atoms with E-state index in [2.05, 4.69) is 10.3 Å². The number of hydrogen-bond donors (Lipinski definition) is 1. The molecule has 0 atom stereocenters. The van der Waals surface area contributed by atoms with Gasteiger partial charge >= 0.3 is 6.03 Å². The molecule has 0 saturated carbocycles. The zero-order chi connectivity index (χ0) is 11.4. The van der Waals surface area contributed by atoms with Gasteiger partial charge in [-0.2, -0.15) is 0 Å². The molecule has 2 rings (SSSR count). The van der Waals surface area contributed by atoms with Crippen LogP contribution in [0.5, 0.6) is 0 Å². The maximum Gasteiger partial charge on any atom is 0.321 e. The molecule has 86 valence electrons. The van der Waals surface area contributed by atoms with Crippen molar-refractivity contribution in [1.29, 1.82) is 0 Å². The normalized spacial score (nSPS) is 15.9. The van der Waals surface area contributed by atoms with E-state index in [9.17, 15) is 4.79 Å². The fraction of sp³-hybridized carbons (Fsp3) is 0.500. The first-order chi connectivity index (χ1) is 7.75. The predicted octanol–water partition coefficient (Wildman–Crippen LogP) is 2.41. The highest BCUT2D eigenvalue weighted by Crippen LogP contribution is 2.12. The zero-order valence-electron chi connectivity index (χ0n) is 9.57. The van der Waals surface area contributed by atoms with Crippen LogP contribution in [-0.4, -0.2) is 29.0 Å². The summed E-state index contributed by atoms with van der Waals surface area (Å²) in [6.07, 6.45) is 5.17. The van der Waals surface area contributed by atoms with Crippen molar-refractivity contribution in [2.75, 3.05) is 18.4 Å². The number of aromatic nitrogens is 1. The second-order valence-corrected chi connectivity index (χ2v) is 4.16. The molecule has 0 radical (unpaired) electrons. The second-order valence-electron chi connectivity index (χ2n) is 4.16. The summed E-state index contributed by atoms with van der Waals surface area (Å²) in [6.45, 7) is 3.66. The Morgan fingerprint density at radius 1 is 1.38 bits per heavy atom. The molecule has 0 unspecified atom stereocenters. The van der Waals surface area contributed by atoms with Crippen molar-refractivity contribution in [3.8, 4) is 0 Å². The number of pyridine rings is 1. The Kier molecular flexibility index (Phi) is 3.39. The zero-order valence-corrected chi connectivity index (χ0v) is 9.57. The summed E-state index contributed by atoms with van der Waals surface area (Å²) >= 11 is 0. The highest BCUT2D eigenvalue weighted by Gasteiger charge is 2.16. The van der Waals surface area contributed by atoms with Gasteiger partial charge in [-0.15, -0.1) is 0 Å². The van der Waals surface area contributed by atoms with Crippen LogP contribution < -0.4 is 5.32 Å². The molecule has 0 bridgehead atoms. The third-order valence-electron chi connectivity index (χ3n) is 2.79. The largest absolute Gasteiger partial charge is 0.325 e. The van der Waals surface area contributed by atoms with Gasteiger partial charge in [0, 0.05) is 30.7 Å². The molecular weight excluding hydrogens is 202 g/mol. The fourth-order valence-corrected chi connectivity index (χ4v) is 1.92. The monoisotopic (exact) mass is 219 g/mol. The minimum absolute atomic E-state index is 0.00491. The van der Waals surface area contributed by atoms with Crippen molar-refractivity contribution in [3.05, 3.63) is 24.0 Å². The fourth-order valence-electron chi connectivity index (χ4n) is 1.92. The molecule has 0 aliphatic carbocycles. The van der Waals surface area contributed by atoms with Crippen molar-refractivity contribution in [1.82, 2.24) is 9.88 Å². The minimum Gasteiger partial charge on any atom is -0.325 e. The van der Waals surface area contributed by atoms with Crippen LogP contribution in [0.25, 0.3) is 0 Å². The molecule has 0 spiro atoms. The molecule has 1 N–H and O–H groups in total. The number of carbonyl (C=O) groups excluding carboxylic acids is 1. The van der Waals surface area contributed by atoms with Gasteiger partial charge in [-0.1, -0.05) is 0 Å². The topological polar surface area (TPSA) is 45.2 Å². The lowest BCUT2D eigenvalue weighted by Gasteiger charge is -2.26. The van der Waals surface area contributed by atoms with Gasteiger partial charge in [0.05, 0.1) is 0 Å². The first kappa shape index (κ1) is 10.9. The van der Waals surface area contributed by atoms with E-state index in [4.69, 9.17) is 0 Å². The van der Waals surface area contributed by atoms with E-state index in [1.165, 1.54) is 6.42 Å². The number of anilines is 1. The highest BCUT2D eigenvalue weighted by molar-refractivity contribution is 5.89. The van der Waals surface area contributed by atoms with Gasteiger partial charge in [0.1, 0.15) is 0 Å². The SMILES string of the molecule is Cc1cc(NC(=O)N2CCCCC2)ccn1. The molecule has 1 aliphatic rings. The lowest BCUT2D eigenvalue weighted by atomic mass is 10.1. The van der Waals surface area contributed by atoms with Crippen LogP contribution in [-0.2, 0) is 0 Å². The van der Waals surface area contributed by atoms with Crippen LogP contribution in [0.15, 0.2) is 18.3 Å². The number of nitrogens with zero attached hydrogens (tertiary/aromatic N) is 2. The average Bonchev–Trinajstić information content (AvgIpc) is 2.30. The van der Waals surface area contributed by atoms with Crippen LogP contribution in [0.1, 0.15) is 25.0 Å². The predicted molar refractivity (Wildman–Crippen MR) is 63.4 cm³/mol. The number of piperidine rings is 1. The van der Waals surface area contributed by atoms with Gasteiger partial charge < -0.3 is 10.2 Å². The molecule has 1 aliphatic heterocycles. The summed E-state index contributed by atoms with van der Waals surface area (Å²) in [5.74, 6) is 0. The van der Waals surface area contributed by atoms with E-state index in [1.54, 1.807) is 6.20 Å². The molecule has 1 saturated heterocycles. The Labute approximate surface area is 95.7 Å². The Hall–Kier alpha value is -1.58. The van der Waals surface area contributed by atoms with Gasteiger partial charge in [-0.05, 0) is 38.3 Å². The Morgan fingerprint density at radius 2 is 2.12 bits per heavy atom. The number of aryl methyl sites for hydroxylation is 1. The van der Waals surface area contributed by atoms with Crippen LogP contribution in [0.3, 0.4) is 0 Å². The van der Waals surface area contributed by atoms with E-state index in [0.29, 0.717) is 0 Å². The number of rotatable bonds is 1. The average molecular weight is 219 g/mol. The summed E-state index contributed by atoms with van der Waals surface area (Å²) < 4.78 is 0. The summed E-state index contributed by atoms with van der Waals surface area (Å²) in [5, 5.41) is 2.90. The number of nitrogens with one attached hydrogen (secondary N) is 1. The van der Waals surface area contributed by atoms with E-state index in [1.807, 2.05) is 24.0 Å². The Balaban J connectivity index is 1.96. The summed E-state index contributed by atoms with van der Waals surface area (Å²) in [7, 11) is 0. The number of amides is 2. The molecule has 2 heterocycles. The molecule has 1 fully saturated rings. The molecule has 2 amide bonds. The van der Waals surface area contributed by atoms with Crippen LogP contribution in [0.2, 0.25) is 0 Å². The van der Waals surface area contributed by atoms with Crippen molar-refractivity contribution >= 4 is 11.7 Å². The quantitative estimate of drug-likeness (QED) is 0.788. The van der Waals surface area contributed by atoms with Crippen LogP contribution in [0.4, 0.5) is 10.5 Å². The molecule has 1 aromatic heterocycles. The van der Waals surface area contributed by atoms with Crippen molar-refractivity contribution in [2.45, 2.75) is 26.2 Å². The van der Waals surface area contributed by atoms with Crippen molar-refractivity contribution in [2.24, 2.45) is 0 Å². The van der Waals surface area contributed by atoms with Crippen molar-refractivity contribution in [3.63, 3.8) is 0 Å². The van der Waals surface area contributed by atoms with E-state index in [0.717, 1.165) is 37.3 Å². The Morgan fingerprint density at radius 3 is 2.81 bits per heavy atom. The maximum atomic E-state index is 11.9. The highest BCUT2D eigenvalue weighted by atomic mass is 16.2. The summed E-state index contributed by atoms with van der Waals surface area (Å²) in [4.78, 5) is 17.8. The van der Waals surface area contributed by atoms with Crippen molar-refractivity contribution < 1.29 is 4.79 Å². The number of carbonyl (C=O) groups is 1. The number of urea groups is 1. The molecule has 16 heavy (non-hydrogen) atoms. The summed E-state index contributed by atoms with van der Waals surface area (Å²) in [6, 6.07) is 3.70. The maximum absolute atomic E-state index is 11.9. The van der Waals surface area contributed by atoms with E-state index in [-0.39, 0.29) is 6.03 Å². The molecule has 0 aromatic carbocycles. The van der Waals surface area contributed by atoms with Gasteiger partial charge in [0.25, 0.3) is 0 Å². The molecule has 4 heteroatoms. The standard InChI is InChI=1S/C12H17N3O/c1-10-9-11(5-6-13-10)14-12(16)15-7-3-2-4-8-15/h5-6,9H,2-4,7-8H2,1H3,(H,13,14,16). The lowest BCUT2D eigenvalue weighted by Crippen LogP contribution is -2.38. The van der Waals surface area contributed by atoms with E-state index < -0.39 is 0 Å².